The number of anilines is 1. The van der Waals surface area contributed by atoms with Gasteiger partial charge in [0, 0.05) is 54.3 Å². The molecule has 0 saturated carbocycles. The lowest BCUT2D eigenvalue weighted by Gasteiger charge is -2.34. The van der Waals surface area contributed by atoms with E-state index in [1.807, 2.05) is 6.92 Å². The van der Waals surface area contributed by atoms with Crippen LogP contribution in [0.5, 0.6) is 0 Å². The van der Waals surface area contributed by atoms with Crippen LogP contribution in [0.1, 0.15) is 5.69 Å². The second kappa shape index (κ2) is 7.87. The number of benzene rings is 2. The standard InChI is InChI=1S/C24H24ClN5O/c1-16-22(17-3-7-19(8-4-17)29-13-11-28(2)12-14-29)23-21(15-26-16)24(31)30(27-23)20-9-5-18(25)6-10-20/h3-10,15,26H,11-14H2,1-2H3. The molecule has 0 spiro atoms. The van der Waals surface area contributed by atoms with Gasteiger partial charge in [0.2, 0.25) is 0 Å². The van der Waals surface area contributed by atoms with E-state index in [0.29, 0.717) is 22.0 Å². The lowest BCUT2D eigenvalue weighted by atomic mass is 9.98. The molecule has 0 bridgehead atoms. The zero-order valence-corrected chi connectivity index (χ0v) is 18.4. The highest BCUT2D eigenvalue weighted by atomic mass is 35.5. The quantitative estimate of drug-likeness (QED) is 0.529. The van der Waals surface area contributed by atoms with Gasteiger partial charge in [-0.3, -0.25) is 4.79 Å². The summed E-state index contributed by atoms with van der Waals surface area (Å²) < 4.78 is 1.44. The molecule has 1 fully saturated rings. The van der Waals surface area contributed by atoms with Crippen molar-refractivity contribution in [1.29, 1.82) is 0 Å². The Morgan fingerprint density at radius 3 is 2.26 bits per heavy atom. The number of aryl methyl sites for hydroxylation is 1. The van der Waals surface area contributed by atoms with Gasteiger partial charge in [0.05, 0.1) is 11.3 Å². The third kappa shape index (κ3) is 3.62. The molecule has 0 radical (unpaired) electrons. The average molecular weight is 434 g/mol. The third-order valence-corrected chi connectivity index (χ3v) is 6.27. The maximum absolute atomic E-state index is 13.0. The van der Waals surface area contributed by atoms with Crippen LogP contribution in [-0.4, -0.2) is 52.9 Å². The summed E-state index contributed by atoms with van der Waals surface area (Å²) in [4.78, 5) is 21.0. The van der Waals surface area contributed by atoms with E-state index in [2.05, 4.69) is 46.1 Å². The normalized spacial score (nSPS) is 15.0. The maximum Gasteiger partial charge on any atom is 0.282 e. The lowest BCUT2D eigenvalue weighted by Crippen LogP contribution is -2.44. The van der Waals surface area contributed by atoms with Gasteiger partial charge in [-0.05, 0) is 55.9 Å². The largest absolute Gasteiger partial charge is 0.369 e. The van der Waals surface area contributed by atoms with Crippen LogP contribution in [0.25, 0.3) is 28.1 Å². The average Bonchev–Trinajstić information content (AvgIpc) is 3.11. The molecule has 2 aromatic rings. The number of rotatable bonds is 3. The van der Waals surface area contributed by atoms with Crippen LogP contribution in [0.15, 0.2) is 59.5 Å². The molecule has 0 amide bonds. The molecule has 0 atom stereocenters. The number of aromatic nitrogens is 3. The van der Waals surface area contributed by atoms with Gasteiger partial charge in [-0.25, -0.2) is 0 Å². The van der Waals surface area contributed by atoms with Crippen LogP contribution in [-0.2, 0) is 0 Å². The molecule has 0 unspecified atom stereocenters. The highest BCUT2D eigenvalue weighted by Gasteiger charge is 2.22. The number of aromatic amines is 1. The summed E-state index contributed by atoms with van der Waals surface area (Å²) in [6.07, 6.45) is 1.74. The Balaban J connectivity index is 1.55. The summed E-state index contributed by atoms with van der Waals surface area (Å²) in [6, 6.07) is 15.7. The monoisotopic (exact) mass is 433 g/mol. The number of halogens is 1. The van der Waals surface area contributed by atoms with E-state index in [4.69, 9.17) is 16.7 Å². The molecule has 0 aliphatic carbocycles. The number of nitrogens with one attached hydrogen (secondary N) is 1. The van der Waals surface area contributed by atoms with Gasteiger partial charge in [-0.15, -0.1) is 0 Å². The molecule has 1 N–H and O–H groups in total. The van der Waals surface area contributed by atoms with Crippen LogP contribution in [0, 0.1) is 6.92 Å². The zero-order valence-electron chi connectivity index (χ0n) is 17.6. The fourth-order valence-corrected chi connectivity index (χ4v) is 4.30. The fraction of sp³-hybridized carbons (Fsp3) is 0.250. The van der Waals surface area contributed by atoms with Gasteiger partial charge < -0.3 is 14.8 Å². The molecule has 158 valence electrons. The molecule has 3 heterocycles. The van der Waals surface area contributed by atoms with Crippen molar-refractivity contribution in [3.63, 3.8) is 0 Å². The van der Waals surface area contributed by atoms with Crippen LogP contribution in [0.2, 0.25) is 5.02 Å². The van der Waals surface area contributed by atoms with E-state index < -0.39 is 0 Å². The number of hydrogen-bond donors (Lipinski definition) is 1. The zero-order chi connectivity index (χ0) is 21.5. The van der Waals surface area contributed by atoms with Gasteiger partial charge in [0.1, 0.15) is 5.69 Å². The van der Waals surface area contributed by atoms with Crippen LogP contribution in [0.4, 0.5) is 5.69 Å². The molecular formula is C24H24ClN5O. The summed E-state index contributed by atoms with van der Waals surface area (Å²) >= 11 is 6.00. The number of fused-ring (bicyclic) bond motifs is 1. The van der Waals surface area contributed by atoms with Gasteiger partial charge in [-0.2, -0.15) is 9.78 Å². The van der Waals surface area contributed by atoms with E-state index in [0.717, 1.165) is 43.0 Å². The van der Waals surface area contributed by atoms with Gasteiger partial charge in [-0.1, -0.05) is 23.7 Å². The van der Waals surface area contributed by atoms with Crippen LogP contribution >= 0.6 is 11.6 Å². The Labute approximate surface area is 186 Å². The minimum atomic E-state index is -0.149. The second-order valence-electron chi connectivity index (χ2n) is 8.08. The first-order valence-electron chi connectivity index (χ1n) is 10.4. The Hall–Kier alpha value is -3.09. The van der Waals surface area contributed by atoms with Crippen molar-refractivity contribution in [2.45, 2.75) is 6.92 Å². The summed E-state index contributed by atoms with van der Waals surface area (Å²) in [5.74, 6) is 0. The minimum absolute atomic E-state index is 0.149. The topological polar surface area (TPSA) is 57.2 Å². The highest BCUT2D eigenvalue weighted by molar-refractivity contribution is 6.30. The predicted octanol–water partition coefficient (Wildman–Crippen LogP) is 4.05. The number of nitrogens with zero attached hydrogens (tertiary/aromatic N) is 4. The van der Waals surface area contributed by atoms with Crippen molar-refractivity contribution in [2.24, 2.45) is 0 Å². The molecule has 31 heavy (non-hydrogen) atoms. The molecule has 1 saturated heterocycles. The first-order chi connectivity index (χ1) is 15.0. The maximum atomic E-state index is 13.0. The van der Waals surface area contributed by atoms with Crippen molar-refractivity contribution in [2.75, 3.05) is 38.1 Å². The summed E-state index contributed by atoms with van der Waals surface area (Å²) in [5, 5.41) is 5.32. The Bertz CT molecular complexity index is 1230. The van der Waals surface area contributed by atoms with Crippen molar-refractivity contribution >= 4 is 17.3 Å². The minimum Gasteiger partial charge on any atom is -0.369 e. The molecule has 2 aromatic carbocycles. The SMILES string of the molecule is Cc1[nH]cc2c(=O)n(-c3ccc(Cl)cc3)nc-2c1-c1ccc(N2CCN(C)CC2)cc1. The fourth-order valence-electron chi connectivity index (χ4n) is 4.17. The molecule has 7 heteroatoms. The molecule has 3 aliphatic rings. The van der Waals surface area contributed by atoms with Crippen molar-refractivity contribution in [3.05, 3.63) is 75.8 Å². The summed E-state index contributed by atoms with van der Waals surface area (Å²) in [7, 11) is 2.16. The molecule has 6 nitrogen and oxygen atoms in total. The molecule has 3 aliphatic heterocycles. The molecular weight excluding hydrogens is 410 g/mol. The summed E-state index contributed by atoms with van der Waals surface area (Å²) in [6.45, 7) is 6.22. The van der Waals surface area contributed by atoms with Crippen LogP contribution < -0.4 is 10.5 Å². The van der Waals surface area contributed by atoms with Crippen molar-refractivity contribution in [3.8, 4) is 28.1 Å². The van der Waals surface area contributed by atoms with Gasteiger partial charge >= 0.3 is 0 Å². The predicted molar refractivity (Wildman–Crippen MR) is 126 cm³/mol. The molecule has 5 rings (SSSR count). The van der Waals surface area contributed by atoms with Gasteiger partial charge in [0.15, 0.2) is 0 Å². The van der Waals surface area contributed by atoms with Crippen molar-refractivity contribution < 1.29 is 0 Å². The van der Waals surface area contributed by atoms with E-state index >= 15 is 0 Å². The number of pyridine rings is 1. The van der Waals surface area contributed by atoms with E-state index in [9.17, 15) is 4.79 Å². The first kappa shape index (κ1) is 19.8. The van der Waals surface area contributed by atoms with E-state index in [1.54, 1.807) is 30.5 Å². The van der Waals surface area contributed by atoms with Gasteiger partial charge in [0.25, 0.3) is 5.56 Å². The number of piperazine rings is 1. The highest BCUT2D eigenvalue weighted by Crippen LogP contribution is 2.34. The van der Waals surface area contributed by atoms with Crippen molar-refractivity contribution in [1.82, 2.24) is 19.7 Å². The lowest BCUT2D eigenvalue weighted by molar-refractivity contribution is 0.313. The molecule has 0 aromatic heterocycles. The Kier molecular flexibility index (Phi) is 5.04. The van der Waals surface area contributed by atoms with Crippen LogP contribution in [0.3, 0.4) is 0 Å². The first-order valence-corrected chi connectivity index (χ1v) is 10.8. The Morgan fingerprint density at radius 1 is 0.935 bits per heavy atom. The second-order valence-corrected chi connectivity index (χ2v) is 8.52. The van der Waals surface area contributed by atoms with E-state index in [1.165, 1.54) is 10.4 Å². The number of likely N-dealkylation sites (N-methyl/N-ethyl adjacent to an activating group) is 1. The number of H-pyrrole nitrogens is 1. The van der Waals surface area contributed by atoms with E-state index in [-0.39, 0.29) is 5.56 Å². The summed E-state index contributed by atoms with van der Waals surface area (Å²) in [5.41, 5.74) is 6.00. The third-order valence-electron chi connectivity index (χ3n) is 6.02. The smallest absolute Gasteiger partial charge is 0.282 e. The Morgan fingerprint density at radius 2 is 1.58 bits per heavy atom. The number of hydrogen-bond acceptors (Lipinski definition) is 4.